The highest BCUT2D eigenvalue weighted by Crippen LogP contribution is 2.40. The van der Waals surface area contributed by atoms with Crippen LogP contribution in [0.5, 0.6) is 5.75 Å². The van der Waals surface area contributed by atoms with Crippen molar-refractivity contribution in [1.29, 1.82) is 0 Å². The summed E-state index contributed by atoms with van der Waals surface area (Å²) < 4.78 is 11.1. The van der Waals surface area contributed by atoms with E-state index in [9.17, 15) is 14.4 Å². The Hall–Kier alpha value is -3.21. The average Bonchev–Trinajstić information content (AvgIpc) is 2.93. The Balaban J connectivity index is 2.41. The van der Waals surface area contributed by atoms with Crippen molar-refractivity contribution in [3.63, 3.8) is 0 Å². The van der Waals surface area contributed by atoms with Gasteiger partial charge < -0.3 is 9.15 Å². The molecule has 0 aliphatic carbocycles. The monoisotopic (exact) mass is 336 g/mol. The van der Waals surface area contributed by atoms with Crippen molar-refractivity contribution in [2.75, 3.05) is 0 Å². The first-order chi connectivity index (χ1) is 11.9. The van der Waals surface area contributed by atoms with Gasteiger partial charge in [0.2, 0.25) is 0 Å². The number of benzene rings is 2. The van der Waals surface area contributed by atoms with E-state index in [1.807, 2.05) is 0 Å². The maximum atomic E-state index is 12.7. The smallest absolute Gasteiger partial charge is 0.308 e. The highest BCUT2D eigenvalue weighted by Gasteiger charge is 2.22. The molecule has 0 atom stereocenters. The third-order valence-corrected chi connectivity index (χ3v) is 3.73. The molecule has 0 aliphatic rings. The molecule has 2 aromatic carbocycles. The molecule has 25 heavy (non-hydrogen) atoms. The third kappa shape index (κ3) is 3.08. The standard InChI is InChI=1S/C20H16O5/c1-11(21)8-9-17(23)18-14-6-4-5-7-15(14)19(25-13(3)22)16-10-12(2)24-20(16)18/h4-10H,1-3H3/b9-8+. The number of carbonyl (C=O) groups excluding carboxylic acids is 3. The summed E-state index contributed by atoms with van der Waals surface area (Å²) in [5.41, 5.74) is 0.678. The van der Waals surface area contributed by atoms with Crippen LogP contribution in [0.2, 0.25) is 0 Å². The molecule has 5 heteroatoms. The molecule has 126 valence electrons. The maximum absolute atomic E-state index is 12.7. The second kappa shape index (κ2) is 6.36. The molecule has 0 aliphatic heterocycles. The molecule has 3 rings (SSSR count). The lowest BCUT2D eigenvalue weighted by Crippen LogP contribution is -2.04. The number of rotatable bonds is 4. The fourth-order valence-corrected chi connectivity index (χ4v) is 2.81. The zero-order chi connectivity index (χ0) is 18.1. The van der Waals surface area contributed by atoms with Crippen LogP contribution in [-0.4, -0.2) is 17.5 Å². The van der Waals surface area contributed by atoms with Gasteiger partial charge in [0.15, 0.2) is 11.6 Å². The van der Waals surface area contributed by atoms with E-state index in [1.54, 1.807) is 37.3 Å². The van der Waals surface area contributed by atoms with E-state index in [1.165, 1.54) is 26.0 Å². The zero-order valence-electron chi connectivity index (χ0n) is 14.1. The second-order valence-corrected chi connectivity index (χ2v) is 5.75. The van der Waals surface area contributed by atoms with Crippen LogP contribution < -0.4 is 4.74 Å². The van der Waals surface area contributed by atoms with Crippen LogP contribution in [0.3, 0.4) is 0 Å². The molecule has 5 nitrogen and oxygen atoms in total. The summed E-state index contributed by atoms with van der Waals surface area (Å²) in [6.45, 7) is 4.45. The number of fused-ring (bicyclic) bond motifs is 2. The number of allylic oxidation sites excluding steroid dienone is 2. The molecule has 0 spiro atoms. The molecule has 0 radical (unpaired) electrons. The predicted octanol–water partition coefficient (Wildman–Crippen LogP) is 4.15. The second-order valence-electron chi connectivity index (χ2n) is 5.75. The van der Waals surface area contributed by atoms with Crippen molar-refractivity contribution >= 4 is 39.3 Å². The summed E-state index contributed by atoms with van der Waals surface area (Å²) >= 11 is 0. The quantitative estimate of drug-likeness (QED) is 0.310. The molecule has 0 amide bonds. The molecule has 0 N–H and O–H groups in total. The van der Waals surface area contributed by atoms with Gasteiger partial charge in [-0.15, -0.1) is 0 Å². The lowest BCUT2D eigenvalue weighted by atomic mass is 9.97. The van der Waals surface area contributed by atoms with Gasteiger partial charge in [0.05, 0.1) is 10.9 Å². The van der Waals surface area contributed by atoms with Crippen molar-refractivity contribution < 1.29 is 23.5 Å². The number of esters is 1. The number of hydrogen-bond acceptors (Lipinski definition) is 5. The lowest BCUT2D eigenvalue weighted by Gasteiger charge is -2.11. The first-order valence-corrected chi connectivity index (χ1v) is 7.74. The van der Waals surface area contributed by atoms with E-state index >= 15 is 0 Å². The average molecular weight is 336 g/mol. The largest absolute Gasteiger partial charge is 0.460 e. The normalized spacial score (nSPS) is 11.3. The van der Waals surface area contributed by atoms with Crippen LogP contribution in [0.1, 0.15) is 30.0 Å². The van der Waals surface area contributed by atoms with Gasteiger partial charge >= 0.3 is 5.97 Å². The van der Waals surface area contributed by atoms with Gasteiger partial charge in [0.1, 0.15) is 17.1 Å². The number of furan rings is 1. The van der Waals surface area contributed by atoms with Crippen LogP contribution in [0.15, 0.2) is 46.9 Å². The fourth-order valence-electron chi connectivity index (χ4n) is 2.81. The van der Waals surface area contributed by atoms with Gasteiger partial charge in [-0.3, -0.25) is 14.4 Å². The summed E-state index contributed by atoms with van der Waals surface area (Å²) in [4.78, 5) is 35.4. The van der Waals surface area contributed by atoms with E-state index in [0.29, 0.717) is 38.8 Å². The van der Waals surface area contributed by atoms with Gasteiger partial charge in [-0.2, -0.15) is 0 Å². The first-order valence-electron chi connectivity index (χ1n) is 7.74. The summed E-state index contributed by atoms with van der Waals surface area (Å²) in [6, 6.07) is 8.85. The number of aryl methyl sites for hydroxylation is 1. The Morgan fingerprint density at radius 1 is 1.00 bits per heavy atom. The Labute approximate surface area is 143 Å². The zero-order valence-corrected chi connectivity index (χ0v) is 14.1. The van der Waals surface area contributed by atoms with Crippen molar-refractivity contribution in [1.82, 2.24) is 0 Å². The van der Waals surface area contributed by atoms with Crippen LogP contribution >= 0.6 is 0 Å². The van der Waals surface area contributed by atoms with Crippen molar-refractivity contribution in [3.8, 4) is 5.75 Å². The van der Waals surface area contributed by atoms with Crippen molar-refractivity contribution in [3.05, 3.63) is 53.8 Å². The van der Waals surface area contributed by atoms with E-state index in [4.69, 9.17) is 9.15 Å². The topological polar surface area (TPSA) is 73.6 Å². The van der Waals surface area contributed by atoms with Crippen LogP contribution in [0.4, 0.5) is 0 Å². The number of ether oxygens (including phenoxy) is 1. The highest BCUT2D eigenvalue weighted by molar-refractivity contribution is 6.24. The molecule has 0 saturated heterocycles. The van der Waals surface area contributed by atoms with E-state index in [-0.39, 0.29) is 11.6 Å². The van der Waals surface area contributed by atoms with E-state index in [0.717, 1.165) is 0 Å². The van der Waals surface area contributed by atoms with Gasteiger partial charge in [0.25, 0.3) is 0 Å². The minimum absolute atomic E-state index is 0.221. The first kappa shape index (κ1) is 16.6. The molecule has 1 aromatic heterocycles. The fraction of sp³-hybridized carbons (Fsp3) is 0.150. The van der Waals surface area contributed by atoms with Crippen LogP contribution in [0, 0.1) is 6.92 Å². The van der Waals surface area contributed by atoms with Gasteiger partial charge in [-0.05, 0) is 32.1 Å². The predicted molar refractivity (Wildman–Crippen MR) is 93.9 cm³/mol. The number of carbonyl (C=O) groups is 3. The molecular formula is C20H16O5. The van der Waals surface area contributed by atoms with E-state index in [2.05, 4.69) is 0 Å². The Bertz CT molecular complexity index is 1050. The summed E-state index contributed by atoms with van der Waals surface area (Å²) in [7, 11) is 0. The molecule has 0 unspecified atom stereocenters. The SMILES string of the molecule is CC(=O)/C=C/C(=O)c1c2ccccc2c(OC(C)=O)c2cc(C)oc12. The van der Waals surface area contributed by atoms with Crippen molar-refractivity contribution in [2.45, 2.75) is 20.8 Å². The van der Waals surface area contributed by atoms with Gasteiger partial charge in [0, 0.05) is 17.7 Å². The van der Waals surface area contributed by atoms with Crippen LogP contribution in [0.25, 0.3) is 21.7 Å². The van der Waals surface area contributed by atoms with Gasteiger partial charge in [-0.25, -0.2) is 0 Å². The number of ketones is 2. The Kier molecular flexibility index (Phi) is 4.23. The molecule has 3 aromatic rings. The summed E-state index contributed by atoms with van der Waals surface area (Å²) in [5, 5.41) is 1.77. The minimum Gasteiger partial charge on any atom is -0.460 e. The van der Waals surface area contributed by atoms with E-state index < -0.39 is 5.97 Å². The maximum Gasteiger partial charge on any atom is 0.308 e. The molecular weight excluding hydrogens is 320 g/mol. The summed E-state index contributed by atoms with van der Waals surface area (Å²) in [5.74, 6) is -0.0765. The molecule has 0 bridgehead atoms. The molecule has 1 heterocycles. The number of hydrogen-bond donors (Lipinski definition) is 0. The highest BCUT2D eigenvalue weighted by atomic mass is 16.5. The third-order valence-electron chi connectivity index (χ3n) is 3.73. The Morgan fingerprint density at radius 2 is 1.68 bits per heavy atom. The molecule has 0 saturated carbocycles. The van der Waals surface area contributed by atoms with Gasteiger partial charge in [-0.1, -0.05) is 24.3 Å². The molecule has 0 fully saturated rings. The minimum atomic E-state index is -0.458. The summed E-state index contributed by atoms with van der Waals surface area (Å²) in [6.07, 6.45) is 2.45. The van der Waals surface area contributed by atoms with Crippen molar-refractivity contribution in [2.24, 2.45) is 0 Å². The van der Waals surface area contributed by atoms with Crippen LogP contribution in [-0.2, 0) is 9.59 Å². The Morgan fingerprint density at radius 3 is 2.32 bits per heavy atom. The lowest BCUT2D eigenvalue weighted by molar-refractivity contribution is -0.131.